The van der Waals surface area contributed by atoms with E-state index in [1.165, 1.54) is 12.3 Å². The molecule has 1 aliphatic heterocycles. The van der Waals surface area contributed by atoms with Crippen LogP contribution in [0.3, 0.4) is 0 Å². The van der Waals surface area contributed by atoms with Crippen molar-refractivity contribution in [3.63, 3.8) is 0 Å². The number of halogens is 2. The number of rotatable bonds is 2. The standard InChI is InChI=1S/C11H12Cl2N2O3S/c1-11(2-3-19(17,18)6-11)15-10(16)7-4-9(13)14-5-8(7)12/h4-5H,2-3,6H2,1H3,(H,15,16). The van der Waals surface area contributed by atoms with E-state index in [1.807, 2.05) is 0 Å². The maximum absolute atomic E-state index is 12.1. The van der Waals surface area contributed by atoms with E-state index in [9.17, 15) is 13.2 Å². The first-order valence-corrected chi connectivity index (χ1v) is 8.13. The molecule has 2 heterocycles. The van der Waals surface area contributed by atoms with Crippen molar-refractivity contribution >= 4 is 38.9 Å². The largest absolute Gasteiger partial charge is 0.346 e. The summed E-state index contributed by atoms with van der Waals surface area (Å²) in [7, 11) is -3.09. The Hall–Kier alpha value is -0.850. The lowest BCUT2D eigenvalue weighted by molar-refractivity contribution is 0.0915. The molecule has 0 saturated carbocycles. The predicted octanol–water partition coefficient (Wildman–Crippen LogP) is 1.70. The average Bonchev–Trinajstić information content (AvgIpc) is 2.56. The number of carbonyl (C=O) groups excluding carboxylic acids is 1. The molecule has 5 nitrogen and oxygen atoms in total. The van der Waals surface area contributed by atoms with Crippen molar-refractivity contribution in [1.82, 2.24) is 10.3 Å². The van der Waals surface area contributed by atoms with Crippen molar-refractivity contribution in [2.45, 2.75) is 18.9 Å². The quantitative estimate of drug-likeness (QED) is 0.841. The summed E-state index contributed by atoms with van der Waals surface area (Å²) in [6.07, 6.45) is 1.67. The minimum Gasteiger partial charge on any atom is -0.346 e. The molecule has 1 atom stereocenters. The van der Waals surface area contributed by atoms with Crippen molar-refractivity contribution in [1.29, 1.82) is 0 Å². The van der Waals surface area contributed by atoms with Gasteiger partial charge >= 0.3 is 0 Å². The monoisotopic (exact) mass is 322 g/mol. The minimum atomic E-state index is -3.09. The van der Waals surface area contributed by atoms with Crippen molar-refractivity contribution in [3.05, 3.63) is 28.0 Å². The number of sulfone groups is 1. The highest BCUT2D eigenvalue weighted by molar-refractivity contribution is 7.91. The summed E-state index contributed by atoms with van der Waals surface area (Å²) < 4.78 is 23.0. The SMILES string of the molecule is CC1(NC(=O)c2cc(Cl)ncc2Cl)CCS(=O)(=O)C1. The summed E-state index contributed by atoms with van der Waals surface area (Å²) in [4.78, 5) is 15.9. The number of nitrogens with one attached hydrogen (secondary N) is 1. The second kappa shape index (κ2) is 4.92. The summed E-state index contributed by atoms with van der Waals surface area (Å²) in [5, 5.41) is 3.03. The Labute approximate surface area is 121 Å². The van der Waals surface area contributed by atoms with Crippen molar-refractivity contribution in [2.24, 2.45) is 0 Å². The fraction of sp³-hybridized carbons (Fsp3) is 0.455. The van der Waals surface area contributed by atoms with Crippen molar-refractivity contribution < 1.29 is 13.2 Å². The van der Waals surface area contributed by atoms with Crippen LogP contribution in [0.5, 0.6) is 0 Å². The fourth-order valence-electron chi connectivity index (χ4n) is 2.04. The summed E-state index contributed by atoms with van der Waals surface area (Å²) in [5.41, 5.74) is -0.582. The van der Waals surface area contributed by atoms with Crippen LogP contribution in [0.2, 0.25) is 10.2 Å². The zero-order valence-electron chi connectivity index (χ0n) is 10.1. The lowest BCUT2D eigenvalue weighted by atomic mass is 10.0. The summed E-state index contributed by atoms with van der Waals surface area (Å²) in [6.45, 7) is 1.70. The van der Waals surface area contributed by atoms with Gasteiger partial charge in [-0.25, -0.2) is 13.4 Å². The van der Waals surface area contributed by atoms with E-state index >= 15 is 0 Å². The molecule has 104 valence electrons. The van der Waals surface area contributed by atoms with Gasteiger partial charge in [0.05, 0.1) is 27.6 Å². The van der Waals surface area contributed by atoms with Crippen LogP contribution in [-0.4, -0.2) is 36.4 Å². The second-order valence-electron chi connectivity index (χ2n) is 4.84. The topological polar surface area (TPSA) is 76.1 Å². The molecule has 0 aromatic carbocycles. The Morgan fingerprint density at radius 2 is 2.16 bits per heavy atom. The average molecular weight is 323 g/mol. The number of pyridine rings is 1. The molecule has 0 aliphatic carbocycles. The van der Waals surface area contributed by atoms with Crippen LogP contribution in [-0.2, 0) is 9.84 Å². The maximum Gasteiger partial charge on any atom is 0.253 e. The minimum absolute atomic E-state index is 0.0673. The molecular weight excluding hydrogens is 311 g/mol. The van der Waals surface area contributed by atoms with Gasteiger partial charge < -0.3 is 5.32 Å². The zero-order chi connectivity index (χ0) is 14.3. The van der Waals surface area contributed by atoms with Crippen LogP contribution < -0.4 is 5.32 Å². The first-order chi connectivity index (χ1) is 8.71. The van der Waals surface area contributed by atoms with Gasteiger partial charge in [-0.15, -0.1) is 0 Å². The van der Waals surface area contributed by atoms with Gasteiger partial charge in [-0.3, -0.25) is 4.79 Å². The van der Waals surface area contributed by atoms with Gasteiger partial charge in [0.2, 0.25) is 0 Å². The van der Waals surface area contributed by atoms with E-state index in [2.05, 4.69) is 10.3 Å². The molecule has 1 N–H and O–H groups in total. The van der Waals surface area contributed by atoms with E-state index in [-0.39, 0.29) is 27.2 Å². The number of nitrogens with zero attached hydrogens (tertiary/aromatic N) is 1. The van der Waals surface area contributed by atoms with Gasteiger partial charge in [0, 0.05) is 6.20 Å². The van der Waals surface area contributed by atoms with Crippen LogP contribution in [0.15, 0.2) is 12.3 Å². The maximum atomic E-state index is 12.1. The number of hydrogen-bond acceptors (Lipinski definition) is 4. The molecule has 8 heteroatoms. The van der Waals surface area contributed by atoms with Gasteiger partial charge in [-0.2, -0.15) is 0 Å². The van der Waals surface area contributed by atoms with E-state index < -0.39 is 21.3 Å². The summed E-state index contributed by atoms with van der Waals surface area (Å²) in [5.74, 6) is -0.439. The molecule has 0 radical (unpaired) electrons. The molecular formula is C11H12Cl2N2O3S. The fourth-order valence-corrected chi connectivity index (χ4v) is 4.48. The van der Waals surface area contributed by atoms with Crippen LogP contribution in [0.1, 0.15) is 23.7 Å². The van der Waals surface area contributed by atoms with Crippen LogP contribution in [0, 0.1) is 0 Å². The van der Waals surface area contributed by atoms with Gasteiger partial charge in [0.1, 0.15) is 5.15 Å². The first kappa shape index (κ1) is 14.6. The lowest BCUT2D eigenvalue weighted by Crippen LogP contribution is -2.47. The Bertz CT molecular complexity index is 633. The third-order valence-corrected chi connectivity index (χ3v) is 5.40. The van der Waals surface area contributed by atoms with E-state index in [0.717, 1.165) is 0 Å². The molecule has 2 rings (SSSR count). The van der Waals surface area contributed by atoms with Crippen molar-refractivity contribution in [3.8, 4) is 0 Å². The van der Waals surface area contributed by atoms with Gasteiger partial charge in [-0.1, -0.05) is 23.2 Å². The Balaban J connectivity index is 2.20. The van der Waals surface area contributed by atoms with E-state index in [4.69, 9.17) is 23.2 Å². The van der Waals surface area contributed by atoms with Crippen LogP contribution >= 0.6 is 23.2 Å². The van der Waals surface area contributed by atoms with Gasteiger partial charge in [-0.05, 0) is 19.4 Å². The van der Waals surface area contributed by atoms with Gasteiger partial charge in [0.15, 0.2) is 9.84 Å². The zero-order valence-corrected chi connectivity index (χ0v) is 12.4. The Morgan fingerprint density at radius 1 is 1.47 bits per heavy atom. The van der Waals surface area contributed by atoms with Gasteiger partial charge in [0.25, 0.3) is 5.91 Å². The summed E-state index contributed by atoms with van der Waals surface area (Å²) >= 11 is 11.6. The predicted molar refractivity (Wildman–Crippen MR) is 73.4 cm³/mol. The lowest BCUT2D eigenvalue weighted by Gasteiger charge is -2.24. The van der Waals surface area contributed by atoms with E-state index in [1.54, 1.807) is 6.92 Å². The highest BCUT2D eigenvalue weighted by atomic mass is 35.5. The number of carbonyl (C=O) groups is 1. The highest BCUT2D eigenvalue weighted by Crippen LogP contribution is 2.25. The highest BCUT2D eigenvalue weighted by Gasteiger charge is 2.39. The number of hydrogen-bond donors (Lipinski definition) is 1. The molecule has 19 heavy (non-hydrogen) atoms. The second-order valence-corrected chi connectivity index (χ2v) is 7.82. The number of amides is 1. The molecule has 1 unspecified atom stereocenters. The van der Waals surface area contributed by atoms with Crippen molar-refractivity contribution in [2.75, 3.05) is 11.5 Å². The molecule has 1 amide bonds. The van der Waals surface area contributed by atoms with Crippen LogP contribution in [0.25, 0.3) is 0 Å². The third-order valence-electron chi connectivity index (χ3n) is 2.99. The molecule has 1 aromatic heterocycles. The number of aromatic nitrogens is 1. The van der Waals surface area contributed by atoms with E-state index in [0.29, 0.717) is 6.42 Å². The Kier molecular flexibility index (Phi) is 3.77. The smallest absolute Gasteiger partial charge is 0.253 e. The normalized spacial score (nSPS) is 25.2. The molecule has 0 spiro atoms. The first-order valence-electron chi connectivity index (χ1n) is 5.55. The molecule has 0 bridgehead atoms. The summed E-state index contributed by atoms with van der Waals surface area (Å²) in [6, 6.07) is 1.35. The van der Waals surface area contributed by atoms with Crippen LogP contribution in [0.4, 0.5) is 0 Å². The molecule has 1 fully saturated rings. The Morgan fingerprint density at radius 3 is 2.74 bits per heavy atom. The third kappa shape index (κ3) is 3.38. The molecule has 1 aliphatic rings. The molecule has 1 aromatic rings. The molecule has 1 saturated heterocycles.